The topological polar surface area (TPSA) is 107 Å². The van der Waals surface area contributed by atoms with Gasteiger partial charge in [-0.3, -0.25) is 14.5 Å². The molecule has 0 spiro atoms. The second-order valence-electron chi connectivity index (χ2n) is 11.0. The molecule has 1 aliphatic heterocycles. The van der Waals surface area contributed by atoms with Crippen LogP contribution >= 0.6 is 11.3 Å². The Balaban J connectivity index is 1.46. The van der Waals surface area contributed by atoms with E-state index in [0.717, 1.165) is 16.7 Å². The summed E-state index contributed by atoms with van der Waals surface area (Å²) in [6.07, 6.45) is 0.851. The Bertz CT molecular complexity index is 1950. The molecule has 1 N–H and O–H groups in total. The van der Waals surface area contributed by atoms with Crippen LogP contribution < -0.4 is 23.8 Å². The van der Waals surface area contributed by atoms with Gasteiger partial charge in [-0.05, 0) is 86.0 Å². The van der Waals surface area contributed by atoms with Crippen molar-refractivity contribution in [2.24, 2.45) is 0 Å². The Hall–Kier alpha value is -5.35. The van der Waals surface area contributed by atoms with Crippen molar-refractivity contribution in [1.82, 2.24) is 4.98 Å². The summed E-state index contributed by atoms with van der Waals surface area (Å²) < 4.78 is 24.3. The van der Waals surface area contributed by atoms with Crippen LogP contribution in [0.4, 0.5) is 5.13 Å². The van der Waals surface area contributed by atoms with Crippen LogP contribution in [0.15, 0.2) is 96.6 Å². The number of fused-ring (bicyclic) bond motifs is 1. The summed E-state index contributed by atoms with van der Waals surface area (Å²) in [6, 6.07) is 26.4. The maximum absolute atomic E-state index is 13.9. The van der Waals surface area contributed by atoms with Gasteiger partial charge in [0.1, 0.15) is 23.9 Å². The number of carbonyl (C=O) groups excluding carboxylic acids is 2. The number of nitrogens with zero attached hydrogens (tertiary/aromatic N) is 2. The maximum atomic E-state index is 13.9. The molecule has 6 rings (SSSR count). The van der Waals surface area contributed by atoms with Crippen molar-refractivity contribution in [3.63, 3.8) is 0 Å². The number of rotatable bonds is 13. The third-order valence-corrected chi connectivity index (χ3v) is 8.75. The second kappa shape index (κ2) is 14.6. The number of thiazole rings is 1. The first-order valence-corrected chi connectivity index (χ1v) is 16.7. The molecule has 1 unspecified atom stereocenters. The summed E-state index contributed by atoms with van der Waals surface area (Å²) in [5, 5.41) is 12.0. The lowest BCUT2D eigenvalue weighted by atomic mass is 9.95. The van der Waals surface area contributed by atoms with Crippen LogP contribution in [0.2, 0.25) is 0 Å². The Morgan fingerprint density at radius 3 is 2.29 bits per heavy atom. The quantitative estimate of drug-likeness (QED) is 0.0765. The molecule has 0 bridgehead atoms. The highest BCUT2D eigenvalue weighted by Gasteiger charge is 2.48. The third kappa shape index (κ3) is 6.70. The molecular weight excluding hydrogens is 628 g/mol. The molecule has 5 aromatic rings. The zero-order valence-corrected chi connectivity index (χ0v) is 27.8. The van der Waals surface area contributed by atoms with Gasteiger partial charge in [-0.1, -0.05) is 54.7 Å². The van der Waals surface area contributed by atoms with E-state index in [1.54, 1.807) is 42.5 Å². The van der Waals surface area contributed by atoms with Gasteiger partial charge in [-0.2, -0.15) is 0 Å². The molecule has 9 nitrogen and oxygen atoms in total. The Labute approximate surface area is 283 Å². The molecule has 0 radical (unpaired) electrons. The standard InChI is InChI=1S/C38H36N2O7S/c1-4-20-46-27-15-12-25(13-16-27)35(41)33-34(26-14-19-30(31(21-26)45-6-3)47-23-24-10-8-7-9-11-24)40(37(43)36(33)42)38-39-29-18-17-28(44-5-2)22-32(29)48-38/h7-19,21-22,34,41H,4-6,20,23H2,1-3H3/b35-33+. The summed E-state index contributed by atoms with van der Waals surface area (Å²) >= 11 is 1.27. The SMILES string of the molecule is CCCOc1ccc(/C(O)=C2\C(=O)C(=O)N(c3nc4ccc(OCC)cc4s3)C2c2ccc(OCc3ccccc3)c(OCC)c2)cc1. The lowest BCUT2D eigenvalue weighted by molar-refractivity contribution is -0.132. The second-order valence-corrected chi connectivity index (χ2v) is 12.0. The van der Waals surface area contributed by atoms with E-state index in [-0.39, 0.29) is 11.3 Å². The van der Waals surface area contributed by atoms with E-state index in [1.807, 2.05) is 69.3 Å². The number of aliphatic hydroxyl groups excluding tert-OH is 1. The van der Waals surface area contributed by atoms with Crippen molar-refractivity contribution in [2.75, 3.05) is 24.7 Å². The molecule has 1 atom stereocenters. The third-order valence-electron chi connectivity index (χ3n) is 7.73. The highest BCUT2D eigenvalue weighted by atomic mass is 32.1. The average Bonchev–Trinajstić information content (AvgIpc) is 3.64. The van der Waals surface area contributed by atoms with Gasteiger partial charge in [0.2, 0.25) is 0 Å². The smallest absolute Gasteiger partial charge is 0.301 e. The highest BCUT2D eigenvalue weighted by molar-refractivity contribution is 7.22. The Morgan fingerprint density at radius 1 is 0.812 bits per heavy atom. The van der Waals surface area contributed by atoms with Crippen LogP contribution in [0.5, 0.6) is 23.0 Å². The van der Waals surface area contributed by atoms with Crippen molar-refractivity contribution in [2.45, 2.75) is 39.8 Å². The Kier molecular flexibility index (Phi) is 9.91. The largest absolute Gasteiger partial charge is 0.507 e. The summed E-state index contributed by atoms with van der Waals surface area (Å²) in [5.74, 6) is 0.352. The molecule has 4 aromatic carbocycles. The van der Waals surface area contributed by atoms with Crippen LogP contribution in [0.3, 0.4) is 0 Å². The molecule has 10 heteroatoms. The van der Waals surface area contributed by atoms with Crippen molar-refractivity contribution in [3.05, 3.63) is 113 Å². The number of carbonyl (C=O) groups is 2. The van der Waals surface area contributed by atoms with Gasteiger partial charge in [0.15, 0.2) is 16.6 Å². The van der Waals surface area contributed by atoms with Gasteiger partial charge in [0.25, 0.3) is 5.78 Å². The van der Waals surface area contributed by atoms with E-state index in [2.05, 4.69) is 0 Å². The van der Waals surface area contributed by atoms with Crippen LogP contribution in [-0.4, -0.2) is 41.6 Å². The van der Waals surface area contributed by atoms with Gasteiger partial charge < -0.3 is 24.1 Å². The van der Waals surface area contributed by atoms with Crippen molar-refractivity contribution < 1.29 is 33.6 Å². The minimum Gasteiger partial charge on any atom is -0.507 e. The van der Waals surface area contributed by atoms with Crippen molar-refractivity contribution >= 4 is 44.1 Å². The van der Waals surface area contributed by atoms with Crippen LogP contribution in [0.25, 0.3) is 16.0 Å². The number of ketones is 1. The molecule has 0 saturated carbocycles. The zero-order chi connectivity index (χ0) is 33.6. The summed E-state index contributed by atoms with van der Waals surface area (Å²) in [7, 11) is 0. The predicted molar refractivity (Wildman–Crippen MR) is 186 cm³/mol. The van der Waals surface area contributed by atoms with E-state index in [1.165, 1.54) is 16.2 Å². The lowest BCUT2D eigenvalue weighted by Gasteiger charge is -2.24. The first kappa shape index (κ1) is 32.6. The van der Waals surface area contributed by atoms with Gasteiger partial charge in [-0.25, -0.2) is 4.98 Å². The molecule has 1 aliphatic rings. The van der Waals surface area contributed by atoms with E-state index in [4.69, 9.17) is 23.9 Å². The fourth-order valence-electron chi connectivity index (χ4n) is 5.50. The molecule has 1 fully saturated rings. The lowest BCUT2D eigenvalue weighted by Crippen LogP contribution is -2.29. The number of aliphatic hydroxyl groups is 1. The average molecular weight is 665 g/mol. The number of Topliss-reactive ketones (excluding diaryl/α,β-unsaturated/α-hetero) is 1. The van der Waals surface area contributed by atoms with Crippen molar-refractivity contribution in [3.8, 4) is 23.0 Å². The van der Waals surface area contributed by atoms with Gasteiger partial charge in [0.05, 0.1) is 41.7 Å². The molecular formula is C38H36N2O7S. The first-order valence-electron chi connectivity index (χ1n) is 15.9. The van der Waals surface area contributed by atoms with Crippen LogP contribution in [-0.2, 0) is 16.2 Å². The van der Waals surface area contributed by atoms with E-state index >= 15 is 0 Å². The Morgan fingerprint density at radius 2 is 1.56 bits per heavy atom. The highest BCUT2D eigenvalue weighted by Crippen LogP contribution is 2.46. The summed E-state index contributed by atoms with van der Waals surface area (Å²) in [5.41, 5.74) is 2.51. The van der Waals surface area contributed by atoms with Gasteiger partial charge >= 0.3 is 5.91 Å². The van der Waals surface area contributed by atoms with Crippen LogP contribution in [0.1, 0.15) is 49.9 Å². The van der Waals surface area contributed by atoms with E-state index in [9.17, 15) is 14.7 Å². The number of hydrogen-bond acceptors (Lipinski definition) is 9. The molecule has 246 valence electrons. The monoisotopic (exact) mass is 664 g/mol. The normalized spacial score (nSPS) is 15.6. The summed E-state index contributed by atoms with van der Waals surface area (Å²) in [4.78, 5) is 33.8. The number of benzene rings is 4. The molecule has 1 amide bonds. The number of hydrogen-bond donors (Lipinski definition) is 1. The molecule has 2 heterocycles. The fourth-order valence-corrected chi connectivity index (χ4v) is 6.52. The minimum atomic E-state index is -1.00. The fraction of sp³-hybridized carbons (Fsp3) is 0.237. The molecule has 1 aromatic heterocycles. The molecule has 0 aliphatic carbocycles. The maximum Gasteiger partial charge on any atom is 0.301 e. The summed E-state index contributed by atoms with van der Waals surface area (Å²) in [6.45, 7) is 7.53. The first-order chi connectivity index (χ1) is 23.4. The number of amides is 1. The van der Waals surface area contributed by atoms with Crippen LogP contribution in [0, 0.1) is 0 Å². The molecule has 48 heavy (non-hydrogen) atoms. The van der Waals surface area contributed by atoms with E-state index < -0.39 is 17.7 Å². The predicted octanol–water partition coefficient (Wildman–Crippen LogP) is 8.09. The van der Waals surface area contributed by atoms with Crippen molar-refractivity contribution in [1.29, 1.82) is 0 Å². The number of ether oxygens (including phenoxy) is 4. The zero-order valence-electron chi connectivity index (χ0n) is 27.0. The number of anilines is 1. The van der Waals surface area contributed by atoms with Gasteiger partial charge in [-0.15, -0.1) is 0 Å². The minimum absolute atomic E-state index is 0.0584. The van der Waals surface area contributed by atoms with Gasteiger partial charge in [0, 0.05) is 5.56 Å². The number of aromatic nitrogens is 1. The van der Waals surface area contributed by atoms with E-state index in [0.29, 0.717) is 71.2 Å². The molecule has 1 saturated heterocycles.